The summed E-state index contributed by atoms with van der Waals surface area (Å²) >= 11 is 0. The van der Waals surface area contributed by atoms with Crippen molar-refractivity contribution >= 4 is 5.69 Å². The number of rotatable bonds is 5. The third-order valence-corrected chi connectivity index (χ3v) is 4.22. The quantitative estimate of drug-likeness (QED) is 0.710. The van der Waals surface area contributed by atoms with Gasteiger partial charge >= 0.3 is 5.69 Å². The van der Waals surface area contributed by atoms with Crippen molar-refractivity contribution in [1.29, 1.82) is 0 Å². The number of tetrazole rings is 1. The highest BCUT2D eigenvalue weighted by Gasteiger charge is 2.12. The topological polar surface area (TPSA) is 78.7 Å². The molecule has 0 saturated heterocycles. The normalized spacial score (nSPS) is 11.1. The van der Waals surface area contributed by atoms with E-state index in [1.807, 2.05) is 26.0 Å². The van der Waals surface area contributed by atoms with Crippen molar-refractivity contribution in [1.82, 2.24) is 19.8 Å². The summed E-state index contributed by atoms with van der Waals surface area (Å²) in [6, 6.07) is 8.10. The minimum absolute atomic E-state index is 0.222. The first-order valence-electron chi connectivity index (χ1n) is 8.06. The molecule has 1 heterocycles. The molecule has 0 aliphatic rings. The molecule has 0 unspecified atom stereocenters. The fourth-order valence-corrected chi connectivity index (χ4v) is 2.88. The predicted molar refractivity (Wildman–Crippen MR) is 94.7 cm³/mol. The van der Waals surface area contributed by atoms with Gasteiger partial charge in [-0.15, -0.1) is 0 Å². The average Bonchev–Trinajstić information content (AvgIpc) is 2.99. The molecule has 0 spiro atoms. The van der Waals surface area contributed by atoms with Gasteiger partial charge in [0.15, 0.2) is 0 Å². The Morgan fingerprint density at radius 3 is 2.04 bits per heavy atom. The molecule has 3 aromatic rings. The molecule has 0 bridgehead atoms. The van der Waals surface area contributed by atoms with Crippen LogP contribution >= 0.6 is 0 Å². The molecule has 1 aromatic heterocycles. The van der Waals surface area contributed by atoms with Gasteiger partial charge in [-0.25, -0.2) is 13.6 Å². The summed E-state index contributed by atoms with van der Waals surface area (Å²) in [6.07, 6.45) is 0. The summed E-state index contributed by atoms with van der Waals surface area (Å²) in [7, 11) is 0. The molecular formula is C18H19F2N5O. The highest BCUT2D eigenvalue weighted by Crippen LogP contribution is 2.19. The van der Waals surface area contributed by atoms with E-state index in [9.17, 15) is 13.6 Å². The Bertz CT molecular complexity index is 964. The maximum absolute atomic E-state index is 13.0. The summed E-state index contributed by atoms with van der Waals surface area (Å²) in [5.41, 5.74) is 9.72. The van der Waals surface area contributed by atoms with Crippen LogP contribution < -0.4 is 11.4 Å². The van der Waals surface area contributed by atoms with E-state index >= 15 is 0 Å². The van der Waals surface area contributed by atoms with E-state index in [4.69, 9.17) is 5.73 Å². The monoisotopic (exact) mass is 359 g/mol. The highest BCUT2D eigenvalue weighted by molar-refractivity contribution is 5.54. The molecular weight excluding hydrogens is 340 g/mol. The van der Waals surface area contributed by atoms with Crippen LogP contribution in [0.1, 0.15) is 27.8 Å². The zero-order chi connectivity index (χ0) is 18.8. The standard InChI is InChI=1S/C18H19F2N5O/c1-11-3-15(4-12(2)17(11)21)10-24-18(26)25(23-22-24)16-6-13(8-19)5-14(7-16)9-20/h3-7H,8-10,21H2,1-2H3. The van der Waals surface area contributed by atoms with Gasteiger partial charge in [-0.1, -0.05) is 18.2 Å². The van der Waals surface area contributed by atoms with E-state index in [1.165, 1.54) is 22.9 Å². The zero-order valence-electron chi connectivity index (χ0n) is 14.5. The molecule has 3 rings (SSSR count). The largest absolute Gasteiger partial charge is 0.398 e. The van der Waals surface area contributed by atoms with E-state index < -0.39 is 19.0 Å². The Morgan fingerprint density at radius 1 is 0.923 bits per heavy atom. The van der Waals surface area contributed by atoms with Crippen LogP contribution in [0.15, 0.2) is 35.1 Å². The minimum Gasteiger partial charge on any atom is -0.398 e. The van der Waals surface area contributed by atoms with E-state index in [-0.39, 0.29) is 23.4 Å². The number of hydrogen-bond acceptors (Lipinski definition) is 4. The van der Waals surface area contributed by atoms with Crippen molar-refractivity contribution in [2.75, 3.05) is 5.73 Å². The van der Waals surface area contributed by atoms with Gasteiger partial charge in [-0.3, -0.25) is 0 Å². The summed E-state index contributed by atoms with van der Waals surface area (Å²) in [6.45, 7) is 2.50. The molecule has 0 fully saturated rings. The van der Waals surface area contributed by atoms with Crippen LogP contribution in [0, 0.1) is 13.8 Å². The first-order chi connectivity index (χ1) is 12.4. The third kappa shape index (κ3) is 3.35. The summed E-state index contributed by atoms with van der Waals surface area (Å²) in [5.74, 6) is 0. The van der Waals surface area contributed by atoms with Gasteiger partial charge in [0, 0.05) is 5.69 Å². The maximum atomic E-state index is 13.0. The van der Waals surface area contributed by atoms with Crippen molar-refractivity contribution in [3.05, 3.63) is 68.6 Å². The van der Waals surface area contributed by atoms with Crippen LogP contribution in [0.3, 0.4) is 0 Å². The van der Waals surface area contributed by atoms with Crippen molar-refractivity contribution in [2.24, 2.45) is 0 Å². The van der Waals surface area contributed by atoms with Crippen LogP contribution in [-0.2, 0) is 19.9 Å². The van der Waals surface area contributed by atoms with Crippen molar-refractivity contribution in [3.8, 4) is 5.69 Å². The Kier molecular flexibility index (Phi) is 4.83. The number of nitrogen functional groups attached to an aromatic ring is 1. The fraction of sp³-hybridized carbons (Fsp3) is 0.278. The Balaban J connectivity index is 1.98. The molecule has 0 aliphatic heterocycles. The smallest absolute Gasteiger partial charge is 0.368 e. The van der Waals surface area contributed by atoms with Gasteiger partial charge < -0.3 is 5.73 Å². The van der Waals surface area contributed by atoms with Crippen LogP contribution in [-0.4, -0.2) is 19.8 Å². The summed E-state index contributed by atoms with van der Waals surface area (Å²) < 4.78 is 28.2. The summed E-state index contributed by atoms with van der Waals surface area (Å²) in [5, 5.41) is 7.72. The molecule has 0 saturated carbocycles. The molecule has 2 N–H and O–H groups in total. The van der Waals surface area contributed by atoms with Crippen LogP contribution in [0.25, 0.3) is 5.69 Å². The van der Waals surface area contributed by atoms with Gasteiger partial charge in [0.25, 0.3) is 0 Å². The average molecular weight is 359 g/mol. The number of alkyl halides is 2. The lowest BCUT2D eigenvalue weighted by molar-refractivity contribution is 0.474. The number of nitrogens with zero attached hydrogens (tertiary/aromatic N) is 4. The number of anilines is 1. The second-order valence-corrected chi connectivity index (χ2v) is 6.25. The van der Waals surface area contributed by atoms with Gasteiger partial charge in [0.1, 0.15) is 13.3 Å². The van der Waals surface area contributed by atoms with E-state index in [1.54, 1.807) is 0 Å². The minimum atomic E-state index is -0.756. The predicted octanol–water partition coefficient (Wildman–Crippen LogP) is 2.62. The lowest BCUT2D eigenvalue weighted by Crippen LogP contribution is -2.25. The lowest BCUT2D eigenvalue weighted by atomic mass is 10.0. The van der Waals surface area contributed by atoms with Crippen LogP contribution in [0.5, 0.6) is 0 Å². The Labute approximate surface area is 148 Å². The molecule has 0 amide bonds. The molecule has 26 heavy (non-hydrogen) atoms. The van der Waals surface area contributed by atoms with Gasteiger partial charge in [-0.2, -0.15) is 9.36 Å². The first kappa shape index (κ1) is 17.8. The lowest BCUT2D eigenvalue weighted by Gasteiger charge is -2.08. The number of aromatic nitrogens is 4. The maximum Gasteiger partial charge on any atom is 0.368 e. The van der Waals surface area contributed by atoms with Gasteiger partial charge in [0.05, 0.1) is 12.2 Å². The van der Waals surface area contributed by atoms with Crippen LogP contribution in [0.4, 0.5) is 14.5 Å². The van der Waals surface area contributed by atoms with Gasteiger partial charge in [-0.05, 0) is 64.2 Å². The highest BCUT2D eigenvalue weighted by atomic mass is 19.1. The molecule has 2 aromatic carbocycles. The number of halogens is 2. The zero-order valence-corrected chi connectivity index (χ0v) is 14.5. The van der Waals surface area contributed by atoms with Crippen molar-refractivity contribution < 1.29 is 8.78 Å². The van der Waals surface area contributed by atoms with Crippen molar-refractivity contribution in [3.63, 3.8) is 0 Å². The third-order valence-electron chi connectivity index (χ3n) is 4.22. The van der Waals surface area contributed by atoms with Gasteiger partial charge in [0.2, 0.25) is 0 Å². The number of aryl methyl sites for hydroxylation is 2. The second kappa shape index (κ2) is 7.07. The second-order valence-electron chi connectivity index (χ2n) is 6.25. The number of nitrogens with two attached hydrogens (primary N) is 1. The first-order valence-corrected chi connectivity index (χ1v) is 8.06. The van der Waals surface area contributed by atoms with Crippen LogP contribution in [0.2, 0.25) is 0 Å². The molecule has 0 radical (unpaired) electrons. The Hall–Kier alpha value is -3.03. The molecule has 8 heteroatoms. The van der Waals surface area contributed by atoms with E-state index in [2.05, 4.69) is 10.4 Å². The molecule has 6 nitrogen and oxygen atoms in total. The van der Waals surface area contributed by atoms with Crippen molar-refractivity contribution in [2.45, 2.75) is 33.7 Å². The molecule has 136 valence electrons. The van der Waals surface area contributed by atoms with E-state index in [0.29, 0.717) is 5.69 Å². The SMILES string of the molecule is Cc1cc(Cn2nnn(-c3cc(CF)cc(CF)c3)c2=O)cc(C)c1N. The number of hydrogen-bond donors (Lipinski definition) is 1. The van der Waals surface area contributed by atoms with E-state index in [0.717, 1.165) is 21.4 Å². The Morgan fingerprint density at radius 2 is 1.50 bits per heavy atom. The fourth-order valence-electron chi connectivity index (χ4n) is 2.88. The molecule has 0 atom stereocenters. The number of benzene rings is 2. The molecule has 0 aliphatic carbocycles. The summed E-state index contributed by atoms with van der Waals surface area (Å²) in [4.78, 5) is 12.6.